The van der Waals surface area contributed by atoms with Gasteiger partial charge in [0.05, 0.1) is 25.9 Å². The van der Waals surface area contributed by atoms with Crippen LogP contribution in [0, 0.1) is 0 Å². The summed E-state index contributed by atoms with van der Waals surface area (Å²) in [5.41, 5.74) is 1.95. The van der Waals surface area contributed by atoms with Gasteiger partial charge in [-0.2, -0.15) is 0 Å². The van der Waals surface area contributed by atoms with E-state index in [0.717, 1.165) is 37.2 Å². The lowest BCUT2D eigenvalue weighted by atomic mass is 9.82. The Hall–Kier alpha value is -4.44. The largest absolute Gasteiger partial charge is 0.382 e. The molecule has 0 saturated carbocycles. The van der Waals surface area contributed by atoms with E-state index in [1.807, 2.05) is 31.2 Å². The zero-order valence-corrected chi connectivity index (χ0v) is 24.2. The lowest BCUT2D eigenvalue weighted by Gasteiger charge is -2.29. The highest BCUT2D eigenvalue weighted by Gasteiger charge is 2.35. The summed E-state index contributed by atoms with van der Waals surface area (Å²) in [6.07, 6.45) is 0.419. The molecule has 0 aliphatic carbocycles. The van der Waals surface area contributed by atoms with Crippen molar-refractivity contribution in [1.82, 2.24) is 9.80 Å². The first-order valence-corrected chi connectivity index (χ1v) is 14.4. The molecule has 0 bridgehead atoms. The van der Waals surface area contributed by atoms with Crippen molar-refractivity contribution >= 4 is 66.7 Å². The van der Waals surface area contributed by atoms with Gasteiger partial charge in [0.15, 0.2) is 0 Å². The molecule has 0 spiro atoms. The van der Waals surface area contributed by atoms with Crippen LogP contribution in [0.5, 0.6) is 0 Å². The first-order chi connectivity index (χ1) is 20.8. The molecule has 0 N–H and O–H groups in total. The molecule has 4 amide bonds. The van der Waals surface area contributed by atoms with Crippen LogP contribution in [0.1, 0.15) is 54.8 Å². The van der Waals surface area contributed by atoms with E-state index in [1.165, 1.54) is 11.9 Å². The number of amides is 4. The third kappa shape index (κ3) is 4.03. The van der Waals surface area contributed by atoms with Gasteiger partial charge in [-0.1, -0.05) is 24.3 Å². The molecular weight excluding hydrogens is 548 g/mol. The summed E-state index contributed by atoms with van der Waals surface area (Å²) in [6.45, 7) is 3.98. The predicted molar refractivity (Wildman–Crippen MR) is 162 cm³/mol. The summed E-state index contributed by atoms with van der Waals surface area (Å²) < 4.78 is 16.3. The van der Waals surface area contributed by atoms with Crippen LogP contribution in [0.3, 0.4) is 0 Å². The molecule has 43 heavy (non-hydrogen) atoms. The second-order valence-electron chi connectivity index (χ2n) is 11.2. The van der Waals surface area contributed by atoms with E-state index in [0.29, 0.717) is 65.9 Å². The van der Waals surface area contributed by atoms with Gasteiger partial charge in [0.2, 0.25) is 0 Å². The average molecular weight is 579 g/mol. The van der Waals surface area contributed by atoms with Crippen molar-refractivity contribution in [2.24, 2.45) is 0 Å². The van der Waals surface area contributed by atoms with Crippen LogP contribution in [-0.2, 0) is 14.2 Å². The topological polar surface area (TPSA) is 102 Å². The Morgan fingerprint density at radius 1 is 0.628 bits per heavy atom. The molecule has 2 aliphatic rings. The van der Waals surface area contributed by atoms with Crippen molar-refractivity contribution < 1.29 is 33.4 Å². The minimum Gasteiger partial charge on any atom is -0.382 e. The van der Waals surface area contributed by atoms with E-state index in [4.69, 9.17) is 14.2 Å². The fourth-order valence-electron chi connectivity index (χ4n) is 6.60. The molecule has 2 heterocycles. The first kappa shape index (κ1) is 27.4. The zero-order valence-electron chi connectivity index (χ0n) is 24.2. The minimum absolute atomic E-state index is 0.0841. The van der Waals surface area contributed by atoms with Gasteiger partial charge in [-0.3, -0.25) is 29.0 Å². The second-order valence-corrected chi connectivity index (χ2v) is 11.2. The number of nitrogens with zero attached hydrogens (tertiary/aromatic N) is 2. The maximum absolute atomic E-state index is 13.7. The smallest absolute Gasteiger partial charge is 0.261 e. The van der Waals surface area contributed by atoms with Crippen LogP contribution < -0.4 is 0 Å². The Morgan fingerprint density at radius 3 is 1.56 bits per heavy atom. The quantitative estimate of drug-likeness (QED) is 0.0993. The third-order valence-corrected chi connectivity index (χ3v) is 8.64. The Kier molecular flexibility index (Phi) is 6.61. The molecule has 5 aromatic carbocycles. The van der Waals surface area contributed by atoms with Crippen molar-refractivity contribution in [2.45, 2.75) is 19.4 Å². The average Bonchev–Trinajstić information content (AvgIpc) is 3.02. The molecule has 7 rings (SSSR count). The Morgan fingerprint density at radius 2 is 1.09 bits per heavy atom. The van der Waals surface area contributed by atoms with Crippen LogP contribution in [-0.4, -0.2) is 86.7 Å². The minimum atomic E-state index is -0.330. The number of rotatable bonds is 10. The fraction of sp³-hybridized carbons (Fsp3) is 0.294. The summed E-state index contributed by atoms with van der Waals surface area (Å²) in [5, 5.41) is 6.46. The molecular formula is C34H30N2O7. The van der Waals surface area contributed by atoms with E-state index in [-0.39, 0.29) is 36.3 Å². The lowest BCUT2D eigenvalue weighted by molar-refractivity contribution is -0.0245. The maximum atomic E-state index is 13.7. The molecule has 0 aromatic heterocycles. The van der Waals surface area contributed by atoms with E-state index in [2.05, 4.69) is 0 Å². The molecule has 0 fully saturated rings. The van der Waals surface area contributed by atoms with E-state index >= 15 is 0 Å². The Labute approximate surface area is 247 Å². The Balaban J connectivity index is 1.24. The molecule has 2 aliphatic heterocycles. The highest BCUT2D eigenvalue weighted by Crippen LogP contribution is 2.46. The number of carbonyl (C=O) groups excluding carboxylic acids is 4. The van der Waals surface area contributed by atoms with E-state index < -0.39 is 0 Å². The molecule has 5 aromatic rings. The van der Waals surface area contributed by atoms with Crippen LogP contribution in [0.2, 0.25) is 0 Å². The van der Waals surface area contributed by atoms with Gasteiger partial charge in [0.1, 0.15) is 0 Å². The molecule has 9 heteroatoms. The van der Waals surface area contributed by atoms with Gasteiger partial charge >= 0.3 is 0 Å². The standard InChI is InChI=1S/C34H30N2O7/c1-18(43-16-15-41-3)17-42-14-4-13-36-33(39)25-11-7-21-19-5-9-23-29-24(32(38)35(2)31(23)37)10-6-20(27(19)29)22-8-12-26(34(36)40)30(25)28(21)22/h5-12,18H,4,13-17H2,1-3H3/t18-/m1/s1. The van der Waals surface area contributed by atoms with Gasteiger partial charge in [0, 0.05) is 60.3 Å². The molecule has 218 valence electrons. The number of fused-ring (bicyclic) bond motifs is 2. The van der Waals surface area contributed by atoms with E-state index in [1.54, 1.807) is 31.4 Å². The summed E-state index contributed by atoms with van der Waals surface area (Å²) in [7, 11) is 3.12. The van der Waals surface area contributed by atoms with Crippen molar-refractivity contribution in [3.05, 3.63) is 70.8 Å². The summed E-state index contributed by atoms with van der Waals surface area (Å²) >= 11 is 0. The molecule has 0 unspecified atom stereocenters. The zero-order chi connectivity index (χ0) is 30.0. The Bertz CT molecular complexity index is 1880. The van der Waals surface area contributed by atoms with Crippen molar-refractivity contribution in [3.8, 4) is 0 Å². The van der Waals surface area contributed by atoms with Crippen molar-refractivity contribution in [1.29, 1.82) is 0 Å². The molecule has 9 nitrogen and oxygen atoms in total. The predicted octanol–water partition coefficient (Wildman–Crippen LogP) is 5.02. The van der Waals surface area contributed by atoms with Gasteiger partial charge in [0.25, 0.3) is 23.6 Å². The molecule has 0 radical (unpaired) electrons. The first-order valence-electron chi connectivity index (χ1n) is 14.4. The molecule has 1 atom stereocenters. The normalized spacial score (nSPS) is 15.7. The van der Waals surface area contributed by atoms with Crippen LogP contribution in [0.15, 0.2) is 48.5 Å². The van der Waals surface area contributed by atoms with Crippen molar-refractivity contribution in [3.63, 3.8) is 0 Å². The van der Waals surface area contributed by atoms with Gasteiger partial charge < -0.3 is 14.2 Å². The highest BCUT2D eigenvalue weighted by atomic mass is 16.5. The van der Waals surface area contributed by atoms with Crippen LogP contribution in [0.25, 0.3) is 43.1 Å². The highest BCUT2D eigenvalue weighted by molar-refractivity contribution is 6.41. The second kappa shape index (κ2) is 10.4. The maximum Gasteiger partial charge on any atom is 0.261 e. The number of hydrogen-bond donors (Lipinski definition) is 0. The summed E-state index contributed by atoms with van der Waals surface area (Å²) in [6, 6.07) is 14.7. The van der Waals surface area contributed by atoms with Crippen LogP contribution >= 0.6 is 0 Å². The van der Waals surface area contributed by atoms with Gasteiger partial charge in [-0.15, -0.1) is 0 Å². The number of hydrogen-bond acceptors (Lipinski definition) is 7. The van der Waals surface area contributed by atoms with Crippen molar-refractivity contribution in [2.75, 3.05) is 47.1 Å². The van der Waals surface area contributed by atoms with Crippen LogP contribution in [0.4, 0.5) is 0 Å². The summed E-state index contributed by atoms with van der Waals surface area (Å²) in [5.74, 6) is -1.31. The molecule has 0 saturated heterocycles. The third-order valence-electron chi connectivity index (χ3n) is 8.64. The number of ether oxygens (including phenoxy) is 3. The van der Waals surface area contributed by atoms with E-state index in [9.17, 15) is 19.2 Å². The number of imide groups is 2. The number of methoxy groups -OCH3 is 1. The lowest BCUT2D eigenvalue weighted by Crippen LogP contribution is -2.41. The monoisotopic (exact) mass is 578 g/mol. The SMILES string of the molecule is COCCO[C@H](C)COCCCN1C(=O)c2ccc3c4ccc5c6c(ccc(c7ccc(c2c37)C1=O)c64)C(=O)N(C)C5=O. The fourth-order valence-corrected chi connectivity index (χ4v) is 6.60. The summed E-state index contributed by atoms with van der Waals surface area (Å²) in [4.78, 5) is 55.9. The number of carbonyl (C=O) groups is 4. The van der Waals surface area contributed by atoms with Gasteiger partial charge in [-0.25, -0.2) is 0 Å². The van der Waals surface area contributed by atoms with Gasteiger partial charge in [-0.05, 0) is 69.9 Å². The number of benzene rings is 5.